The fraction of sp³-hybridized carbons (Fsp3) is 0.333. The summed E-state index contributed by atoms with van der Waals surface area (Å²) in [7, 11) is 0. The molecule has 0 aliphatic carbocycles. The van der Waals surface area contributed by atoms with Gasteiger partial charge >= 0.3 is 6.03 Å². The average Bonchev–Trinajstić information content (AvgIpc) is 3.09. The van der Waals surface area contributed by atoms with Crippen LogP contribution in [0.5, 0.6) is 0 Å². The minimum Gasteiger partial charge on any atom is -0.334 e. The lowest BCUT2D eigenvalue weighted by atomic mass is 10.0. The van der Waals surface area contributed by atoms with Crippen LogP contribution in [0.15, 0.2) is 48.5 Å². The minimum absolute atomic E-state index is 0.0539. The van der Waals surface area contributed by atoms with E-state index in [0.717, 1.165) is 23.2 Å². The van der Waals surface area contributed by atoms with Gasteiger partial charge in [-0.1, -0.05) is 44.2 Å². The van der Waals surface area contributed by atoms with Gasteiger partial charge in [0.25, 0.3) is 0 Å². The van der Waals surface area contributed by atoms with E-state index < -0.39 is 12.1 Å². The van der Waals surface area contributed by atoms with Gasteiger partial charge in [0.05, 0.1) is 0 Å². The molecule has 5 nitrogen and oxygen atoms in total. The Kier molecular flexibility index (Phi) is 5.74. The zero-order valence-electron chi connectivity index (χ0n) is 15.5. The number of nitrogens with one attached hydrogen (secondary N) is 2. The molecule has 1 unspecified atom stereocenters. The molecule has 1 heterocycles. The monoisotopic (exact) mass is 369 g/mol. The summed E-state index contributed by atoms with van der Waals surface area (Å²) in [5.74, 6) is -0.478. The van der Waals surface area contributed by atoms with E-state index in [1.165, 1.54) is 12.1 Å². The molecule has 1 aliphatic heterocycles. The van der Waals surface area contributed by atoms with Crippen LogP contribution in [0.1, 0.15) is 25.0 Å². The third-order valence-electron chi connectivity index (χ3n) is 4.74. The normalized spacial score (nSPS) is 14.0. The standard InChI is InChI=1S/C21H24FN3O2/c1-14(2)19(20(26)25-12-11-16-5-3-4-6-18(16)25)24-21(27)23-13-15-7-9-17(22)10-8-15/h3-10,14,19H,11-13H2,1-2H3,(H2,23,24,27). The first-order valence-corrected chi connectivity index (χ1v) is 9.14. The lowest BCUT2D eigenvalue weighted by molar-refractivity contribution is -0.121. The van der Waals surface area contributed by atoms with Gasteiger partial charge in [-0.3, -0.25) is 4.79 Å². The van der Waals surface area contributed by atoms with Crippen LogP contribution in [0.4, 0.5) is 14.9 Å². The number of para-hydroxylation sites is 1. The van der Waals surface area contributed by atoms with Gasteiger partial charge < -0.3 is 15.5 Å². The number of amides is 3. The lowest BCUT2D eigenvalue weighted by Gasteiger charge is -2.27. The van der Waals surface area contributed by atoms with Crippen LogP contribution in [0, 0.1) is 11.7 Å². The second-order valence-corrected chi connectivity index (χ2v) is 7.04. The van der Waals surface area contributed by atoms with Crippen molar-refractivity contribution in [1.82, 2.24) is 10.6 Å². The summed E-state index contributed by atoms with van der Waals surface area (Å²) >= 11 is 0. The van der Waals surface area contributed by atoms with Crippen LogP contribution >= 0.6 is 0 Å². The van der Waals surface area contributed by atoms with E-state index in [1.54, 1.807) is 17.0 Å². The molecular weight excluding hydrogens is 345 g/mol. The third kappa shape index (κ3) is 4.45. The number of nitrogens with zero attached hydrogens (tertiary/aromatic N) is 1. The maximum atomic E-state index is 13.0. The van der Waals surface area contributed by atoms with Gasteiger partial charge in [0.15, 0.2) is 0 Å². The van der Waals surface area contributed by atoms with Crippen molar-refractivity contribution in [3.05, 3.63) is 65.5 Å². The topological polar surface area (TPSA) is 61.4 Å². The van der Waals surface area contributed by atoms with E-state index in [9.17, 15) is 14.0 Å². The van der Waals surface area contributed by atoms with Gasteiger partial charge in [0.2, 0.25) is 5.91 Å². The molecule has 142 valence electrons. The Bertz CT molecular complexity index is 820. The van der Waals surface area contributed by atoms with Crippen molar-refractivity contribution in [2.75, 3.05) is 11.4 Å². The predicted molar refractivity (Wildman–Crippen MR) is 103 cm³/mol. The smallest absolute Gasteiger partial charge is 0.315 e. The maximum Gasteiger partial charge on any atom is 0.315 e. The average molecular weight is 369 g/mol. The zero-order chi connectivity index (χ0) is 19.4. The van der Waals surface area contributed by atoms with Gasteiger partial charge in [-0.2, -0.15) is 0 Å². The molecule has 0 bridgehead atoms. The Morgan fingerprint density at radius 2 is 1.81 bits per heavy atom. The van der Waals surface area contributed by atoms with Crippen LogP contribution in [0.25, 0.3) is 0 Å². The number of carbonyl (C=O) groups is 2. The number of hydrogen-bond donors (Lipinski definition) is 2. The molecule has 6 heteroatoms. The number of anilines is 1. The molecule has 27 heavy (non-hydrogen) atoms. The summed E-state index contributed by atoms with van der Waals surface area (Å²) < 4.78 is 12.9. The minimum atomic E-state index is -0.621. The van der Waals surface area contributed by atoms with E-state index >= 15 is 0 Å². The number of fused-ring (bicyclic) bond motifs is 1. The summed E-state index contributed by atoms with van der Waals surface area (Å²) in [5, 5.41) is 5.52. The molecule has 0 radical (unpaired) electrons. The summed E-state index contributed by atoms with van der Waals surface area (Å²) in [5.41, 5.74) is 2.85. The van der Waals surface area contributed by atoms with Crippen molar-refractivity contribution in [3.8, 4) is 0 Å². The Balaban J connectivity index is 1.62. The van der Waals surface area contributed by atoms with Gasteiger partial charge in [0.1, 0.15) is 11.9 Å². The highest BCUT2D eigenvalue weighted by molar-refractivity contribution is 6.00. The fourth-order valence-electron chi connectivity index (χ4n) is 3.23. The molecule has 2 aromatic rings. The van der Waals surface area contributed by atoms with Crippen molar-refractivity contribution in [3.63, 3.8) is 0 Å². The van der Waals surface area contributed by atoms with Crippen LogP contribution in [0.3, 0.4) is 0 Å². The first-order chi connectivity index (χ1) is 13.0. The summed E-state index contributed by atoms with van der Waals surface area (Å²) in [6, 6.07) is 12.7. The SMILES string of the molecule is CC(C)C(NC(=O)NCc1ccc(F)cc1)C(=O)N1CCc2ccccc21. The van der Waals surface area contributed by atoms with Crippen LogP contribution in [-0.4, -0.2) is 24.5 Å². The Morgan fingerprint density at radius 1 is 1.11 bits per heavy atom. The molecule has 0 saturated heterocycles. The molecule has 0 spiro atoms. The van der Waals surface area contributed by atoms with E-state index in [2.05, 4.69) is 10.6 Å². The zero-order valence-corrected chi connectivity index (χ0v) is 15.5. The molecule has 2 aromatic carbocycles. The number of carbonyl (C=O) groups excluding carboxylic acids is 2. The predicted octanol–water partition coefficient (Wildman–Crippen LogP) is 3.24. The van der Waals surface area contributed by atoms with Crippen LogP contribution in [0.2, 0.25) is 0 Å². The first-order valence-electron chi connectivity index (χ1n) is 9.14. The number of urea groups is 1. The Morgan fingerprint density at radius 3 is 2.52 bits per heavy atom. The van der Waals surface area contributed by atoms with Crippen molar-refractivity contribution < 1.29 is 14.0 Å². The van der Waals surface area contributed by atoms with Crippen LogP contribution < -0.4 is 15.5 Å². The highest BCUT2D eigenvalue weighted by Crippen LogP contribution is 2.28. The molecule has 1 aliphatic rings. The molecule has 0 saturated carbocycles. The van der Waals surface area contributed by atoms with E-state index in [4.69, 9.17) is 0 Å². The molecule has 3 rings (SSSR count). The maximum absolute atomic E-state index is 13.0. The Hall–Kier alpha value is -2.89. The molecule has 0 aromatic heterocycles. The fourth-order valence-corrected chi connectivity index (χ4v) is 3.23. The highest BCUT2D eigenvalue weighted by atomic mass is 19.1. The van der Waals surface area contributed by atoms with E-state index in [-0.39, 0.29) is 24.2 Å². The molecule has 3 amide bonds. The van der Waals surface area contributed by atoms with E-state index in [1.807, 2.05) is 38.1 Å². The van der Waals surface area contributed by atoms with E-state index in [0.29, 0.717) is 6.54 Å². The molecule has 1 atom stereocenters. The van der Waals surface area contributed by atoms with Crippen molar-refractivity contribution in [2.45, 2.75) is 32.9 Å². The van der Waals surface area contributed by atoms with Gasteiger partial charge in [-0.25, -0.2) is 9.18 Å². The number of halogens is 1. The van der Waals surface area contributed by atoms with Gasteiger partial charge in [-0.15, -0.1) is 0 Å². The highest BCUT2D eigenvalue weighted by Gasteiger charge is 2.32. The Labute approximate surface area is 158 Å². The van der Waals surface area contributed by atoms with Crippen molar-refractivity contribution >= 4 is 17.6 Å². The second kappa shape index (κ2) is 8.20. The number of benzene rings is 2. The second-order valence-electron chi connectivity index (χ2n) is 7.04. The molecular formula is C21H24FN3O2. The van der Waals surface area contributed by atoms with Crippen LogP contribution in [-0.2, 0) is 17.8 Å². The summed E-state index contributed by atoms with van der Waals surface area (Å²) in [4.78, 5) is 27.1. The van der Waals surface area contributed by atoms with Crippen molar-refractivity contribution in [1.29, 1.82) is 0 Å². The summed E-state index contributed by atoms with van der Waals surface area (Å²) in [6.07, 6.45) is 0.823. The van der Waals surface area contributed by atoms with Gasteiger partial charge in [-0.05, 0) is 41.7 Å². The molecule has 2 N–H and O–H groups in total. The quantitative estimate of drug-likeness (QED) is 0.850. The number of hydrogen-bond acceptors (Lipinski definition) is 2. The van der Waals surface area contributed by atoms with Gasteiger partial charge in [0, 0.05) is 18.8 Å². The van der Waals surface area contributed by atoms with Crippen molar-refractivity contribution in [2.24, 2.45) is 5.92 Å². The largest absolute Gasteiger partial charge is 0.334 e. The summed E-state index contributed by atoms with van der Waals surface area (Å²) in [6.45, 7) is 4.70. The lowest BCUT2D eigenvalue weighted by Crippen LogP contribution is -2.53. The number of rotatable bonds is 5. The third-order valence-corrected chi connectivity index (χ3v) is 4.74. The first kappa shape index (κ1) is 18.9. The molecule has 0 fully saturated rings.